The molecule has 0 atom stereocenters. The second-order valence-corrected chi connectivity index (χ2v) is 4.50. The Balaban J connectivity index is 2.46. The van der Waals surface area contributed by atoms with E-state index in [4.69, 9.17) is 4.74 Å². The summed E-state index contributed by atoms with van der Waals surface area (Å²) < 4.78 is 6.14. The van der Waals surface area contributed by atoms with E-state index >= 15 is 0 Å². The molecule has 0 radical (unpaired) electrons. The zero-order valence-electron chi connectivity index (χ0n) is 9.31. The Morgan fingerprint density at radius 2 is 1.71 bits per heavy atom. The second-order valence-electron chi connectivity index (χ2n) is 3.58. The van der Waals surface area contributed by atoms with Crippen molar-refractivity contribution in [1.82, 2.24) is 0 Å². The molecule has 2 nitrogen and oxygen atoms in total. The first kappa shape index (κ1) is 11.9. The van der Waals surface area contributed by atoms with Crippen LogP contribution in [0, 0.1) is 0 Å². The van der Waals surface area contributed by atoms with E-state index in [-0.39, 0.29) is 0 Å². The summed E-state index contributed by atoms with van der Waals surface area (Å²) in [6.07, 6.45) is 0.807. The molecule has 0 amide bonds. The number of benzene rings is 2. The van der Waals surface area contributed by atoms with Gasteiger partial charge in [-0.3, -0.25) is 4.79 Å². The van der Waals surface area contributed by atoms with Gasteiger partial charge in [-0.2, -0.15) is 0 Å². The smallest absolute Gasteiger partial charge is 0.153 e. The Bertz CT molecular complexity index is 532. The van der Waals surface area contributed by atoms with Crippen LogP contribution in [0.5, 0.6) is 5.75 Å². The summed E-state index contributed by atoms with van der Waals surface area (Å²) in [7, 11) is 1.56. The lowest BCUT2D eigenvalue weighted by atomic mass is 10.0. The van der Waals surface area contributed by atoms with Crippen LogP contribution in [0.1, 0.15) is 10.4 Å². The average Bonchev–Trinajstić information content (AvgIpc) is 2.39. The maximum absolute atomic E-state index is 10.9. The topological polar surface area (TPSA) is 26.3 Å². The van der Waals surface area contributed by atoms with Crippen molar-refractivity contribution < 1.29 is 9.53 Å². The molecule has 0 saturated heterocycles. The van der Waals surface area contributed by atoms with Crippen LogP contribution in [0.15, 0.2) is 46.9 Å². The van der Waals surface area contributed by atoms with Crippen molar-refractivity contribution >= 4 is 22.2 Å². The first-order valence-corrected chi connectivity index (χ1v) is 5.93. The van der Waals surface area contributed by atoms with Crippen molar-refractivity contribution in [3.8, 4) is 16.9 Å². The quantitative estimate of drug-likeness (QED) is 0.801. The third kappa shape index (κ3) is 2.56. The van der Waals surface area contributed by atoms with E-state index in [0.717, 1.165) is 21.9 Å². The molecule has 2 aromatic carbocycles. The maximum Gasteiger partial charge on any atom is 0.153 e. The fourth-order valence-corrected chi connectivity index (χ4v) is 1.91. The number of halogens is 1. The standard InChI is InChI=1S/C14H11BrO2/c1-17-14-7-4-11(8-12(14)9-16)10-2-5-13(15)6-3-10/h2-9H,1H3. The largest absolute Gasteiger partial charge is 0.496 e. The molecule has 3 heteroatoms. The highest BCUT2D eigenvalue weighted by molar-refractivity contribution is 9.10. The van der Waals surface area contributed by atoms with Crippen LogP contribution in [0.2, 0.25) is 0 Å². The van der Waals surface area contributed by atoms with Crippen molar-refractivity contribution in [2.45, 2.75) is 0 Å². The highest BCUT2D eigenvalue weighted by Gasteiger charge is 2.04. The van der Waals surface area contributed by atoms with E-state index < -0.39 is 0 Å². The highest BCUT2D eigenvalue weighted by atomic mass is 79.9. The van der Waals surface area contributed by atoms with Crippen LogP contribution in [0.3, 0.4) is 0 Å². The van der Waals surface area contributed by atoms with E-state index in [1.54, 1.807) is 13.2 Å². The number of hydrogen-bond acceptors (Lipinski definition) is 2. The van der Waals surface area contributed by atoms with Gasteiger partial charge in [0.05, 0.1) is 12.7 Å². The zero-order valence-corrected chi connectivity index (χ0v) is 10.9. The molecule has 0 aliphatic carbocycles. The van der Waals surface area contributed by atoms with E-state index in [1.165, 1.54) is 0 Å². The third-order valence-electron chi connectivity index (χ3n) is 2.53. The summed E-state index contributed by atoms with van der Waals surface area (Å²) in [6, 6.07) is 13.5. The number of rotatable bonds is 3. The van der Waals surface area contributed by atoms with Gasteiger partial charge in [-0.25, -0.2) is 0 Å². The average molecular weight is 291 g/mol. The van der Waals surface area contributed by atoms with Gasteiger partial charge in [0.2, 0.25) is 0 Å². The lowest BCUT2D eigenvalue weighted by Crippen LogP contribution is -1.91. The van der Waals surface area contributed by atoms with Crippen LogP contribution in [-0.2, 0) is 0 Å². The predicted molar refractivity (Wildman–Crippen MR) is 71.5 cm³/mol. The molecule has 86 valence electrons. The minimum atomic E-state index is 0.563. The maximum atomic E-state index is 10.9. The molecule has 0 aromatic heterocycles. The monoisotopic (exact) mass is 290 g/mol. The van der Waals surface area contributed by atoms with Crippen LogP contribution in [0.4, 0.5) is 0 Å². The van der Waals surface area contributed by atoms with Gasteiger partial charge in [-0.05, 0) is 35.4 Å². The van der Waals surface area contributed by atoms with Gasteiger partial charge in [0.1, 0.15) is 5.75 Å². The summed E-state index contributed by atoms with van der Waals surface area (Å²) in [5.41, 5.74) is 2.63. The fraction of sp³-hybridized carbons (Fsp3) is 0.0714. The number of ether oxygens (including phenoxy) is 1. The molecule has 0 spiro atoms. The Kier molecular flexibility index (Phi) is 3.59. The Morgan fingerprint density at radius 3 is 2.29 bits per heavy atom. The van der Waals surface area contributed by atoms with Gasteiger partial charge in [-0.1, -0.05) is 34.1 Å². The highest BCUT2D eigenvalue weighted by Crippen LogP contribution is 2.26. The summed E-state index contributed by atoms with van der Waals surface area (Å²) in [5, 5.41) is 0. The number of carbonyl (C=O) groups is 1. The molecule has 0 fully saturated rings. The molecular formula is C14H11BrO2. The summed E-state index contributed by atoms with van der Waals surface area (Å²) in [5.74, 6) is 0.598. The van der Waals surface area contributed by atoms with Crippen molar-refractivity contribution in [2.75, 3.05) is 7.11 Å². The van der Waals surface area contributed by atoms with E-state index in [9.17, 15) is 4.79 Å². The van der Waals surface area contributed by atoms with Gasteiger partial charge >= 0.3 is 0 Å². The molecule has 0 aliphatic heterocycles. The summed E-state index contributed by atoms with van der Waals surface area (Å²) >= 11 is 3.39. The Labute approximate surface area is 108 Å². The zero-order chi connectivity index (χ0) is 12.3. The summed E-state index contributed by atoms with van der Waals surface area (Å²) in [6.45, 7) is 0. The van der Waals surface area contributed by atoms with Crippen molar-refractivity contribution in [3.63, 3.8) is 0 Å². The fourth-order valence-electron chi connectivity index (χ4n) is 1.65. The van der Waals surface area contributed by atoms with Crippen LogP contribution in [0.25, 0.3) is 11.1 Å². The van der Waals surface area contributed by atoms with E-state index in [2.05, 4.69) is 15.9 Å². The molecular weight excluding hydrogens is 280 g/mol. The summed E-state index contributed by atoms with van der Waals surface area (Å²) in [4.78, 5) is 10.9. The van der Waals surface area contributed by atoms with Crippen LogP contribution >= 0.6 is 15.9 Å². The van der Waals surface area contributed by atoms with Gasteiger partial charge in [0, 0.05) is 4.47 Å². The minimum absolute atomic E-state index is 0.563. The minimum Gasteiger partial charge on any atom is -0.496 e. The molecule has 0 bridgehead atoms. The lowest BCUT2D eigenvalue weighted by molar-refractivity contribution is 0.112. The second kappa shape index (κ2) is 5.15. The normalized spacial score (nSPS) is 10.0. The molecule has 0 heterocycles. The molecule has 0 aliphatic rings. The number of hydrogen-bond donors (Lipinski definition) is 0. The number of carbonyl (C=O) groups excluding carboxylic acids is 1. The van der Waals surface area contributed by atoms with Gasteiger partial charge in [0.25, 0.3) is 0 Å². The Hall–Kier alpha value is -1.61. The van der Waals surface area contributed by atoms with Gasteiger partial charge < -0.3 is 4.74 Å². The van der Waals surface area contributed by atoms with Crippen LogP contribution in [-0.4, -0.2) is 13.4 Å². The molecule has 0 N–H and O–H groups in total. The van der Waals surface area contributed by atoms with Crippen molar-refractivity contribution in [2.24, 2.45) is 0 Å². The molecule has 0 saturated carbocycles. The van der Waals surface area contributed by atoms with Crippen molar-refractivity contribution in [3.05, 3.63) is 52.5 Å². The number of methoxy groups -OCH3 is 1. The SMILES string of the molecule is COc1ccc(-c2ccc(Br)cc2)cc1C=O. The third-order valence-corrected chi connectivity index (χ3v) is 3.06. The first-order chi connectivity index (χ1) is 8.24. The molecule has 2 aromatic rings. The van der Waals surface area contributed by atoms with Crippen LogP contribution < -0.4 is 4.74 Å². The van der Waals surface area contributed by atoms with Gasteiger partial charge in [0.15, 0.2) is 6.29 Å². The van der Waals surface area contributed by atoms with Crippen molar-refractivity contribution in [1.29, 1.82) is 0 Å². The lowest BCUT2D eigenvalue weighted by Gasteiger charge is -2.07. The van der Waals surface area contributed by atoms with E-state index in [1.807, 2.05) is 36.4 Å². The molecule has 0 unspecified atom stereocenters. The van der Waals surface area contributed by atoms with Gasteiger partial charge in [-0.15, -0.1) is 0 Å². The van der Waals surface area contributed by atoms with E-state index in [0.29, 0.717) is 11.3 Å². The molecule has 2 rings (SSSR count). The molecule has 17 heavy (non-hydrogen) atoms. The predicted octanol–water partition coefficient (Wildman–Crippen LogP) is 3.94. The Morgan fingerprint density at radius 1 is 1.06 bits per heavy atom. The number of aldehydes is 1. The first-order valence-electron chi connectivity index (χ1n) is 5.14.